The molecule has 2 aromatic rings. The highest BCUT2D eigenvalue weighted by Gasteiger charge is 2.28. The molecular formula is C15H19N5O. The Balaban J connectivity index is 1.66. The second-order valence-electron chi connectivity index (χ2n) is 5.43. The van der Waals surface area contributed by atoms with Gasteiger partial charge in [0.1, 0.15) is 12.7 Å². The fourth-order valence-electron chi connectivity index (χ4n) is 2.76. The lowest BCUT2D eigenvalue weighted by atomic mass is 9.84. The molecule has 3 N–H and O–H groups in total. The Morgan fingerprint density at radius 1 is 1.24 bits per heavy atom. The number of rotatable bonds is 3. The van der Waals surface area contributed by atoms with Crippen molar-refractivity contribution < 1.29 is 4.79 Å². The number of nitrogens with zero attached hydrogens (tertiary/aromatic N) is 3. The van der Waals surface area contributed by atoms with Crippen molar-refractivity contribution in [2.24, 2.45) is 11.7 Å². The van der Waals surface area contributed by atoms with E-state index in [2.05, 4.69) is 15.4 Å². The number of benzene rings is 1. The minimum absolute atomic E-state index is 0.0202. The van der Waals surface area contributed by atoms with Crippen molar-refractivity contribution in [3.8, 4) is 5.69 Å². The van der Waals surface area contributed by atoms with Crippen molar-refractivity contribution in [1.82, 2.24) is 14.8 Å². The van der Waals surface area contributed by atoms with E-state index in [0.29, 0.717) is 0 Å². The van der Waals surface area contributed by atoms with Gasteiger partial charge in [-0.1, -0.05) is 12.8 Å². The number of nitrogens with two attached hydrogens (primary N) is 1. The van der Waals surface area contributed by atoms with Gasteiger partial charge in [0.05, 0.1) is 11.6 Å². The lowest BCUT2D eigenvalue weighted by Crippen LogP contribution is -2.40. The molecule has 1 aliphatic carbocycles. The van der Waals surface area contributed by atoms with Gasteiger partial charge < -0.3 is 11.1 Å². The second-order valence-corrected chi connectivity index (χ2v) is 5.43. The Morgan fingerprint density at radius 2 is 2.00 bits per heavy atom. The van der Waals surface area contributed by atoms with Crippen LogP contribution in [0.4, 0.5) is 5.69 Å². The Morgan fingerprint density at radius 3 is 2.67 bits per heavy atom. The van der Waals surface area contributed by atoms with Crippen LogP contribution in [0.2, 0.25) is 0 Å². The number of hydrogen-bond acceptors (Lipinski definition) is 4. The fraction of sp³-hybridized carbons (Fsp3) is 0.400. The van der Waals surface area contributed by atoms with Crippen molar-refractivity contribution in [1.29, 1.82) is 0 Å². The quantitative estimate of drug-likeness (QED) is 0.899. The van der Waals surface area contributed by atoms with Crippen LogP contribution in [0.5, 0.6) is 0 Å². The van der Waals surface area contributed by atoms with Gasteiger partial charge in [0.2, 0.25) is 5.91 Å². The van der Waals surface area contributed by atoms with E-state index in [1.54, 1.807) is 11.0 Å². The van der Waals surface area contributed by atoms with E-state index in [9.17, 15) is 4.79 Å². The van der Waals surface area contributed by atoms with E-state index < -0.39 is 0 Å². The van der Waals surface area contributed by atoms with E-state index in [0.717, 1.165) is 37.1 Å². The highest BCUT2D eigenvalue weighted by atomic mass is 16.1. The molecule has 6 nitrogen and oxygen atoms in total. The molecule has 1 amide bonds. The maximum Gasteiger partial charge on any atom is 0.229 e. The molecule has 2 atom stereocenters. The molecule has 0 radical (unpaired) electrons. The van der Waals surface area contributed by atoms with Crippen LogP contribution in [-0.2, 0) is 4.79 Å². The topological polar surface area (TPSA) is 85.8 Å². The zero-order valence-electron chi connectivity index (χ0n) is 11.8. The number of anilines is 1. The number of amides is 1. The molecule has 2 unspecified atom stereocenters. The summed E-state index contributed by atoms with van der Waals surface area (Å²) in [6.45, 7) is 0. The summed E-state index contributed by atoms with van der Waals surface area (Å²) in [7, 11) is 0. The van der Waals surface area contributed by atoms with Gasteiger partial charge in [0.15, 0.2) is 0 Å². The van der Waals surface area contributed by atoms with E-state index in [4.69, 9.17) is 5.73 Å². The summed E-state index contributed by atoms with van der Waals surface area (Å²) in [5.41, 5.74) is 7.72. The zero-order valence-corrected chi connectivity index (χ0v) is 11.8. The predicted octanol–water partition coefficient (Wildman–Crippen LogP) is 1.72. The maximum atomic E-state index is 12.3. The van der Waals surface area contributed by atoms with Gasteiger partial charge in [0.25, 0.3) is 0 Å². The van der Waals surface area contributed by atoms with Gasteiger partial charge >= 0.3 is 0 Å². The molecule has 6 heteroatoms. The van der Waals surface area contributed by atoms with E-state index >= 15 is 0 Å². The number of hydrogen-bond donors (Lipinski definition) is 2. The van der Waals surface area contributed by atoms with Crippen LogP contribution in [0.3, 0.4) is 0 Å². The molecule has 1 saturated carbocycles. The van der Waals surface area contributed by atoms with Crippen LogP contribution >= 0.6 is 0 Å². The molecule has 110 valence electrons. The van der Waals surface area contributed by atoms with Crippen molar-refractivity contribution >= 4 is 11.6 Å². The first-order valence-corrected chi connectivity index (χ1v) is 7.25. The van der Waals surface area contributed by atoms with Crippen molar-refractivity contribution in [2.45, 2.75) is 31.7 Å². The standard InChI is InChI=1S/C15H19N5O/c16-14-4-2-1-3-13(14)15(21)19-11-5-7-12(8-6-11)20-10-17-9-18-20/h5-10,13-14H,1-4,16H2,(H,19,21). The van der Waals surface area contributed by atoms with Crippen LogP contribution in [0.15, 0.2) is 36.9 Å². The first-order valence-electron chi connectivity index (χ1n) is 7.25. The van der Waals surface area contributed by atoms with Crippen molar-refractivity contribution in [3.05, 3.63) is 36.9 Å². The highest BCUT2D eigenvalue weighted by Crippen LogP contribution is 2.24. The summed E-state index contributed by atoms with van der Waals surface area (Å²) in [6, 6.07) is 7.50. The molecule has 1 heterocycles. The fourth-order valence-corrected chi connectivity index (χ4v) is 2.76. The average Bonchev–Trinajstić information content (AvgIpc) is 3.02. The third kappa shape index (κ3) is 3.11. The summed E-state index contributed by atoms with van der Waals surface area (Å²) in [5.74, 6) is -0.0514. The van der Waals surface area contributed by atoms with Gasteiger partial charge in [-0.25, -0.2) is 9.67 Å². The number of nitrogens with one attached hydrogen (secondary N) is 1. The zero-order chi connectivity index (χ0) is 14.7. The number of aromatic nitrogens is 3. The van der Waals surface area contributed by atoms with Crippen LogP contribution in [-0.4, -0.2) is 26.7 Å². The SMILES string of the molecule is NC1CCCCC1C(=O)Nc1ccc(-n2cncn2)cc1. The maximum absolute atomic E-state index is 12.3. The molecule has 0 spiro atoms. The van der Waals surface area contributed by atoms with E-state index in [-0.39, 0.29) is 17.9 Å². The average molecular weight is 285 g/mol. The van der Waals surface area contributed by atoms with Crippen LogP contribution in [0.1, 0.15) is 25.7 Å². The Bertz CT molecular complexity index is 593. The molecular weight excluding hydrogens is 266 g/mol. The summed E-state index contributed by atoms with van der Waals surface area (Å²) in [6.07, 6.45) is 7.14. The molecule has 3 rings (SSSR count). The predicted molar refractivity (Wildman–Crippen MR) is 79.9 cm³/mol. The molecule has 21 heavy (non-hydrogen) atoms. The smallest absolute Gasteiger partial charge is 0.229 e. The van der Waals surface area contributed by atoms with Crippen LogP contribution in [0.25, 0.3) is 5.69 Å². The van der Waals surface area contributed by atoms with Crippen molar-refractivity contribution in [3.63, 3.8) is 0 Å². The largest absolute Gasteiger partial charge is 0.327 e. The van der Waals surface area contributed by atoms with E-state index in [1.165, 1.54) is 6.33 Å². The van der Waals surface area contributed by atoms with E-state index in [1.807, 2.05) is 24.3 Å². The lowest BCUT2D eigenvalue weighted by Gasteiger charge is -2.27. The minimum atomic E-state index is -0.0752. The monoisotopic (exact) mass is 285 g/mol. The summed E-state index contributed by atoms with van der Waals surface area (Å²) in [5, 5.41) is 7.01. The Labute approximate surface area is 123 Å². The number of carbonyl (C=O) groups is 1. The first-order chi connectivity index (χ1) is 10.2. The van der Waals surface area contributed by atoms with Gasteiger partial charge in [-0.05, 0) is 37.1 Å². The Kier molecular flexibility index (Phi) is 3.96. The Hall–Kier alpha value is -2.21. The second kappa shape index (κ2) is 6.05. The molecule has 0 aliphatic heterocycles. The van der Waals surface area contributed by atoms with Gasteiger partial charge in [-0.3, -0.25) is 4.79 Å². The molecule has 1 aromatic heterocycles. The third-order valence-electron chi connectivity index (χ3n) is 3.97. The van der Waals surface area contributed by atoms with Crippen molar-refractivity contribution in [2.75, 3.05) is 5.32 Å². The lowest BCUT2D eigenvalue weighted by molar-refractivity contribution is -0.121. The normalized spacial score (nSPS) is 22.0. The van der Waals surface area contributed by atoms with Gasteiger partial charge in [0, 0.05) is 11.7 Å². The first kappa shape index (κ1) is 13.8. The molecule has 0 bridgehead atoms. The molecule has 1 aromatic carbocycles. The van der Waals surface area contributed by atoms with Crippen LogP contribution < -0.4 is 11.1 Å². The summed E-state index contributed by atoms with van der Waals surface area (Å²) in [4.78, 5) is 16.2. The van der Waals surface area contributed by atoms with Gasteiger partial charge in [-0.2, -0.15) is 5.10 Å². The van der Waals surface area contributed by atoms with Gasteiger partial charge in [-0.15, -0.1) is 0 Å². The number of carbonyl (C=O) groups excluding carboxylic acids is 1. The van der Waals surface area contributed by atoms with Crippen LogP contribution in [0, 0.1) is 5.92 Å². The molecule has 1 aliphatic rings. The molecule has 1 fully saturated rings. The summed E-state index contributed by atoms with van der Waals surface area (Å²) < 4.78 is 1.67. The molecule has 0 saturated heterocycles. The minimum Gasteiger partial charge on any atom is -0.327 e. The third-order valence-corrected chi connectivity index (χ3v) is 3.97. The summed E-state index contributed by atoms with van der Waals surface area (Å²) >= 11 is 0. The highest BCUT2D eigenvalue weighted by molar-refractivity contribution is 5.93.